The largest absolute Gasteiger partial charge is 0.472 e. The first kappa shape index (κ1) is 66.2. The van der Waals surface area contributed by atoms with Gasteiger partial charge in [-0.2, -0.15) is 0 Å². The number of allylic oxidation sites excluding steroid dienone is 5. The first-order valence-corrected chi connectivity index (χ1v) is 30.3. The lowest BCUT2D eigenvalue weighted by molar-refractivity contribution is -0.870. The highest BCUT2D eigenvalue weighted by atomic mass is 31.2. The topological polar surface area (TPSA) is 111 Å². The van der Waals surface area contributed by atoms with Gasteiger partial charge in [0.25, 0.3) is 0 Å². The van der Waals surface area contributed by atoms with Gasteiger partial charge in [0.05, 0.1) is 33.8 Å². The molecular formula is C58H112N2O7P+. The van der Waals surface area contributed by atoms with Crippen LogP contribution in [-0.2, 0) is 27.9 Å². The van der Waals surface area contributed by atoms with Crippen LogP contribution in [-0.4, -0.2) is 74.3 Å². The van der Waals surface area contributed by atoms with Gasteiger partial charge in [-0.1, -0.05) is 237 Å². The van der Waals surface area contributed by atoms with Crippen molar-refractivity contribution in [1.82, 2.24) is 5.32 Å². The number of phosphoric ester groups is 1. The molecule has 0 fully saturated rings. The summed E-state index contributed by atoms with van der Waals surface area (Å²) in [4.78, 5) is 37.6. The van der Waals surface area contributed by atoms with Crippen LogP contribution in [0.4, 0.5) is 0 Å². The van der Waals surface area contributed by atoms with Crippen LogP contribution >= 0.6 is 7.82 Å². The monoisotopic (exact) mass is 980 g/mol. The van der Waals surface area contributed by atoms with E-state index in [4.69, 9.17) is 13.8 Å². The highest BCUT2D eigenvalue weighted by Crippen LogP contribution is 2.43. The van der Waals surface area contributed by atoms with Gasteiger partial charge in [0.1, 0.15) is 19.3 Å². The Balaban J connectivity index is 5.35. The maximum atomic E-state index is 13.5. The molecule has 0 aliphatic carbocycles. The number of unbranched alkanes of at least 4 members (excludes halogenated alkanes) is 33. The average Bonchev–Trinajstić information content (AvgIpc) is 3.29. The Morgan fingerprint density at radius 2 is 0.882 bits per heavy atom. The van der Waals surface area contributed by atoms with Gasteiger partial charge in [-0.25, -0.2) is 4.57 Å². The van der Waals surface area contributed by atoms with Crippen molar-refractivity contribution in [3.05, 3.63) is 36.5 Å². The Morgan fingerprint density at radius 3 is 1.32 bits per heavy atom. The van der Waals surface area contributed by atoms with E-state index in [-0.39, 0.29) is 31.5 Å². The summed E-state index contributed by atoms with van der Waals surface area (Å²) >= 11 is 0. The minimum absolute atomic E-state index is 0.0402. The molecule has 0 aromatic rings. The molecule has 0 aromatic heterocycles. The summed E-state index contributed by atoms with van der Waals surface area (Å²) in [6.07, 6.45) is 57.0. The smallest absolute Gasteiger partial charge is 0.456 e. The molecule has 0 bridgehead atoms. The van der Waals surface area contributed by atoms with Crippen molar-refractivity contribution in [3.63, 3.8) is 0 Å². The zero-order chi connectivity index (χ0) is 50.1. The Hall–Kier alpha value is -1.77. The fraction of sp³-hybridized carbons (Fsp3) is 0.862. The van der Waals surface area contributed by atoms with Gasteiger partial charge in [-0.15, -0.1) is 0 Å². The van der Waals surface area contributed by atoms with E-state index in [9.17, 15) is 19.0 Å². The summed E-state index contributed by atoms with van der Waals surface area (Å²) in [6.45, 7) is 6.99. The van der Waals surface area contributed by atoms with Crippen LogP contribution in [0.15, 0.2) is 36.5 Å². The molecule has 0 heterocycles. The van der Waals surface area contributed by atoms with E-state index in [1.54, 1.807) is 0 Å². The third-order valence-electron chi connectivity index (χ3n) is 12.9. The molecule has 400 valence electrons. The van der Waals surface area contributed by atoms with E-state index in [0.29, 0.717) is 17.4 Å². The Labute approximate surface area is 421 Å². The average molecular weight is 981 g/mol. The second-order valence-corrected chi connectivity index (χ2v) is 22.3. The minimum atomic E-state index is -4.44. The molecule has 0 rings (SSSR count). The van der Waals surface area contributed by atoms with Gasteiger partial charge in [-0.3, -0.25) is 18.6 Å². The molecule has 0 aliphatic rings. The number of amides is 1. The molecule has 0 saturated carbocycles. The van der Waals surface area contributed by atoms with Crippen molar-refractivity contribution < 1.29 is 37.3 Å². The van der Waals surface area contributed by atoms with Crippen LogP contribution in [0.3, 0.4) is 0 Å². The Kier molecular flexibility index (Phi) is 47.6. The van der Waals surface area contributed by atoms with Gasteiger partial charge >= 0.3 is 13.8 Å². The van der Waals surface area contributed by atoms with Crippen LogP contribution in [0.2, 0.25) is 0 Å². The van der Waals surface area contributed by atoms with E-state index in [2.05, 4.69) is 50.4 Å². The standard InChI is InChI=1S/C58H111N2O7P/c1-7-10-13-16-19-22-25-28-30-32-35-38-41-44-47-50-57(61)59-55(54-66-68(63,64)65-53-52-60(4,5)6)56(49-46-43-40-37-34-27-24-21-18-15-12-9-3)67-58(62)51-48-45-42-39-36-33-31-29-26-23-20-17-14-11-8-2/h20,23,26,29,46,49,55-56H,7-19,21-22,24-25,27-28,30-45,47-48,50-54H2,1-6H3,(H-,59,61,63,64)/p+1/b23-20+,29-26+,49-46+. The first-order valence-electron chi connectivity index (χ1n) is 28.8. The summed E-state index contributed by atoms with van der Waals surface area (Å²) in [5.74, 6) is -0.509. The molecule has 2 N–H and O–H groups in total. The number of nitrogens with one attached hydrogen (secondary N) is 1. The number of carbonyl (C=O) groups excluding carboxylic acids is 2. The van der Waals surface area contributed by atoms with E-state index < -0.39 is 20.0 Å². The van der Waals surface area contributed by atoms with Crippen molar-refractivity contribution >= 4 is 19.7 Å². The number of ether oxygens (including phenoxy) is 1. The summed E-state index contributed by atoms with van der Waals surface area (Å²) in [5, 5.41) is 3.05. The number of likely N-dealkylation sites (N-methyl/N-ethyl adjacent to an activating group) is 1. The maximum absolute atomic E-state index is 13.5. The SMILES string of the molecule is CCCCC/C=C/C=C/CCCCCCCCC(=O)OC(/C=C/CCCCCCCCCCCC)C(COP(=O)(O)OCC[N+](C)(C)C)NC(=O)CCCCCCCCCCCCCCCCC. The maximum Gasteiger partial charge on any atom is 0.472 e. The lowest BCUT2D eigenvalue weighted by atomic mass is 10.0. The van der Waals surface area contributed by atoms with E-state index in [0.717, 1.165) is 77.0 Å². The predicted molar refractivity (Wildman–Crippen MR) is 291 cm³/mol. The van der Waals surface area contributed by atoms with Crippen molar-refractivity contribution in [2.45, 2.75) is 283 Å². The molecule has 9 nitrogen and oxygen atoms in total. The molecule has 0 aliphatic heterocycles. The lowest BCUT2D eigenvalue weighted by Crippen LogP contribution is -2.47. The van der Waals surface area contributed by atoms with Crippen molar-refractivity contribution in [1.29, 1.82) is 0 Å². The molecule has 1 amide bonds. The van der Waals surface area contributed by atoms with Crippen LogP contribution in [0.5, 0.6) is 0 Å². The highest BCUT2D eigenvalue weighted by Gasteiger charge is 2.30. The van der Waals surface area contributed by atoms with Crippen molar-refractivity contribution in [2.75, 3.05) is 40.9 Å². The van der Waals surface area contributed by atoms with Crippen molar-refractivity contribution in [2.24, 2.45) is 0 Å². The number of nitrogens with zero attached hydrogens (tertiary/aromatic N) is 1. The molecule has 3 atom stereocenters. The number of hydrogen-bond acceptors (Lipinski definition) is 6. The second-order valence-electron chi connectivity index (χ2n) is 20.9. The van der Waals surface area contributed by atoms with Crippen LogP contribution < -0.4 is 5.32 Å². The zero-order valence-electron chi connectivity index (χ0n) is 45.6. The molecular weight excluding hydrogens is 868 g/mol. The number of phosphoric acid groups is 1. The second kappa shape index (κ2) is 48.8. The zero-order valence-corrected chi connectivity index (χ0v) is 46.5. The number of carbonyl (C=O) groups is 2. The molecule has 68 heavy (non-hydrogen) atoms. The van der Waals surface area contributed by atoms with E-state index in [1.165, 1.54) is 161 Å². The third kappa shape index (κ3) is 49.2. The number of rotatable bonds is 52. The number of quaternary nitrogens is 1. The van der Waals surface area contributed by atoms with E-state index in [1.807, 2.05) is 33.3 Å². The van der Waals surface area contributed by atoms with Crippen molar-refractivity contribution in [3.8, 4) is 0 Å². The predicted octanol–water partition coefficient (Wildman–Crippen LogP) is 17.2. The number of hydrogen-bond donors (Lipinski definition) is 2. The minimum Gasteiger partial charge on any atom is -0.456 e. The molecule has 0 aromatic carbocycles. The molecule has 0 radical (unpaired) electrons. The lowest BCUT2D eigenvalue weighted by Gasteiger charge is -2.27. The quantitative estimate of drug-likeness (QED) is 0.0156. The molecule has 3 unspecified atom stereocenters. The first-order chi connectivity index (χ1) is 32.9. The van der Waals surface area contributed by atoms with E-state index >= 15 is 0 Å². The van der Waals surface area contributed by atoms with Gasteiger partial charge in [-0.05, 0) is 57.4 Å². The fourth-order valence-electron chi connectivity index (χ4n) is 8.34. The van der Waals surface area contributed by atoms with Crippen LogP contribution in [0, 0.1) is 0 Å². The summed E-state index contributed by atoms with van der Waals surface area (Å²) in [5.41, 5.74) is 0. The summed E-state index contributed by atoms with van der Waals surface area (Å²) in [6, 6.07) is -0.847. The molecule has 0 spiro atoms. The van der Waals surface area contributed by atoms with Gasteiger partial charge in [0.2, 0.25) is 5.91 Å². The van der Waals surface area contributed by atoms with Gasteiger partial charge < -0.3 is 19.4 Å². The number of esters is 1. The third-order valence-corrected chi connectivity index (χ3v) is 13.8. The molecule has 0 saturated heterocycles. The molecule has 10 heteroatoms. The fourth-order valence-corrected chi connectivity index (χ4v) is 9.08. The normalized spacial score (nSPS) is 14.0. The van der Waals surface area contributed by atoms with Gasteiger partial charge in [0.15, 0.2) is 0 Å². The Bertz CT molecular complexity index is 1270. The van der Waals surface area contributed by atoms with Gasteiger partial charge in [0, 0.05) is 12.8 Å². The van der Waals surface area contributed by atoms with Crippen LogP contribution in [0.25, 0.3) is 0 Å². The Morgan fingerprint density at radius 1 is 0.515 bits per heavy atom. The highest BCUT2D eigenvalue weighted by molar-refractivity contribution is 7.47. The van der Waals surface area contributed by atoms with Crippen LogP contribution in [0.1, 0.15) is 271 Å². The summed E-state index contributed by atoms with van der Waals surface area (Å²) in [7, 11) is 1.50. The summed E-state index contributed by atoms with van der Waals surface area (Å²) < 4.78 is 30.6.